The number of guanidine groups is 1. The van der Waals surface area contributed by atoms with Gasteiger partial charge in [-0.25, -0.2) is 4.99 Å². The highest BCUT2D eigenvalue weighted by Gasteiger charge is 2.30. The zero-order valence-corrected chi connectivity index (χ0v) is 21.7. The van der Waals surface area contributed by atoms with Crippen molar-refractivity contribution in [2.24, 2.45) is 4.99 Å². The molecule has 0 aliphatic carbocycles. The summed E-state index contributed by atoms with van der Waals surface area (Å²) in [6.07, 6.45) is 4.19. The Morgan fingerprint density at radius 2 is 1.76 bits per heavy atom. The Balaban J connectivity index is 1.39. The number of benzene rings is 2. The van der Waals surface area contributed by atoms with Crippen molar-refractivity contribution in [1.29, 1.82) is 0 Å². The molecule has 3 aromatic rings. The fraction of sp³-hybridized carbons (Fsp3) is 0.379. The highest BCUT2D eigenvalue weighted by molar-refractivity contribution is 6.10. The summed E-state index contributed by atoms with van der Waals surface area (Å²) in [7, 11) is 0. The van der Waals surface area contributed by atoms with Crippen LogP contribution in [0.2, 0.25) is 0 Å². The average molecular weight is 515 g/mol. The summed E-state index contributed by atoms with van der Waals surface area (Å²) in [5.41, 5.74) is 3.23. The number of aromatic nitrogens is 1. The van der Waals surface area contributed by atoms with Crippen LogP contribution >= 0.6 is 0 Å². The Labute approximate surface area is 222 Å². The second kappa shape index (κ2) is 11.5. The maximum absolute atomic E-state index is 13.5. The van der Waals surface area contributed by atoms with Crippen molar-refractivity contribution in [3.8, 4) is 0 Å². The first-order valence-electron chi connectivity index (χ1n) is 13.3. The summed E-state index contributed by atoms with van der Waals surface area (Å²) in [6.45, 7) is 4.12. The van der Waals surface area contributed by atoms with Gasteiger partial charge in [-0.3, -0.25) is 19.7 Å². The van der Waals surface area contributed by atoms with Crippen molar-refractivity contribution in [1.82, 2.24) is 20.1 Å². The van der Waals surface area contributed by atoms with Crippen LogP contribution in [0.1, 0.15) is 48.2 Å². The van der Waals surface area contributed by atoms with E-state index < -0.39 is 6.04 Å². The molecule has 3 heterocycles. The summed E-state index contributed by atoms with van der Waals surface area (Å²) < 4.78 is 0. The number of aryl methyl sites for hydroxylation is 1. The van der Waals surface area contributed by atoms with Crippen LogP contribution in [0.5, 0.6) is 0 Å². The van der Waals surface area contributed by atoms with Crippen LogP contribution in [-0.4, -0.2) is 70.7 Å². The minimum Gasteiger partial charge on any atom is -0.359 e. The molecular formula is C29H34N6O3. The average Bonchev–Trinajstić information content (AvgIpc) is 3.55. The van der Waals surface area contributed by atoms with Crippen LogP contribution in [0.15, 0.2) is 59.6 Å². The lowest BCUT2D eigenvalue weighted by Gasteiger charge is -2.25. The largest absolute Gasteiger partial charge is 0.359 e. The molecule has 2 aromatic carbocycles. The number of amides is 3. The first-order chi connectivity index (χ1) is 18.5. The molecule has 0 spiro atoms. The molecule has 9 heteroatoms. The molecule has 3 amide bonds. The first kappa shape index (κ1) is 25.5. The Morgan fingerprint density at radius 3 is 2.55 bits per heavy atom. The predicted molar refractivity (Wildman–Crippen MR) is 148 cm³/mol. The summed E-state index contributed by atoms with van der Waals surface area (Å²) in [6, 6.07) is 16.1. The quantitative estimate of drug-likeness (QED) is 0.356. The van der Waals surface area contributed by atoms with E-state index in [0.717, 1.165) is 61.1 Å². The summed E-state index contributed by atoms with van der Waals surface area (Å²) in [5, 5.41) is 7.17. The number of aliphatic imine (C=N–C) groups is 1. The number of fused-ring (bicyclic) bond motifs is 1. The van der Waals surface area contributed by atoms with Gasteiger partial charge in [-0.05, 0) is 74.7 Å². The minimum atomic E-state index is -0.695. The van der Waals surface area contributed by atoms with E-state index >= 15 is 0 Å². The number of nitrogens with one attached hydrogen (secondary N) is 3. The number of anilines is 1. The topological polar surface area (TPSA) is 110 Å². The van der Waals surface area contributed by atoms with Crippen LogP contribution in [0.25, 0.3) is 10.9 Å². The Morgan fingerprint density at radius 1 is 1.00 bits per heavy atom. The van der Waals surface area contributed by atoms with Crippen LogP contribution < -0.4 is 10.6 Å². The van der Waals surface area contributed by atoms with Gasteiger partial charge in [0.25, 0.3) is 5.91 Å². The lowest BCUT2D eigenvalue weighted by atomic mass is 10.1. The Kier molecular flexibility index (Phi) is 7.72. The maximum atomic E-state index is 13.5. The van der Waals surface area contributed by atoms with E-state index in [4.69, 9.17) is 4.99 Å². The number of likely N-dealkylation sites (tertiary alicyclic amines) is 2. The normalized spacial score (nSPS) is 18.5. The molecule has 2 aliphatic rings. The number of nitrogens with zero attached hydrogens (tertiary/aromatic N) is 3. The zero-order valence-electron chi connectivity index (χ0n) is 21.7. The van der Waals surface area contributed by atoms with Gasteiger partial charge in [-0.15, -0.1) is 0 Å². The SMILES string of the molecule is Cc1cc2ccc(NC(=N[C@H]3CCCCN(CC(=O)N4CCCC4)C3=O)NC(=O)c3ccccc3)cc2[nH]1. The molecule has 9 nitrogen and oxygen atoms in total. The molecule has 198 valence electrons. The first-order valence-corrected chi connectivity index (χ1v) is 13.3. The summed E-state index contributed by atoms with van der Waals surface area (Å²) in [4.78, 5) is 50.8. The van der Waals surface area contributed by atoms with Gasteiger partial charge < -0.3 is 20.1 Å². The molecule has 2 fully saturated rings. The number of carbonyl (C=O) groups is 3. The Hall–Kier alpha value is -4.14. The van der Waals surface area contributed by atoms with Gasteiger partial charge in [0.15, 0.2) is 0 Å². The molecule has 1 atom stereocenters. The molecule has 3 N–H and O–H groups in total. The van der Waals surface area contributed by atoms with E-state index in [1.807, 2.05) is 36.1 Å². The monoisotopic (exact) mass is 514 g/mol. The van der Waals surface area contributed by atoms with E-state index in [2.05, 4.69) is 21.7 Å². The molecule has 1 aromatic heterocycles. The van der Waals surface area contributed by atoms with Crippen LogP contribution in [-0.2, 0) is 9.59 Å². The predicted octanol–water partition coefficient (Wildman–Crippen LogP) is 3.68. The van der Waals surface area contributed by atoms with Gasteiger partial charge in [0.1, 0.15) is 6.04 Å². The van der Waals surface area contributed by atoms with Crippen molar-refractivity contribution in [3.63, 3.8) is 0 Å². The van der Waals surface area contributed by atoms with Gasteiger partial charge in [-0.1, -0.05) is 24.3 Å². The Bertz CT molecular complexity index is 1340. The van der Waals surface area contributed by atoms with E-state index in [0.29, 0.717) is 18.5 Å². The third kappa shape index (κ3) is 6.04. The van der Waals surface area contributed by atoms with Gasteiger partial charge >= 0.3 is 0 Å². The van der Waals surface area contributed by atoms with E-state index in [1.54, 1.807) is 29.2 Å². The lowest BCUT2D eigenvalue weighted by molar-refractivity contribution is -0.140. The van der Waals surface area contributed by atoms with Crippen molar-refractivity contribution in [2.45, 2.75) is 45.1 Å². The molecule has 0 radical (unpaired) electrons. The fourth-order valence-electron chi connectivity index (χ4n) is 5.10. The minimum absolute atomic E-state index is 0.00856. The molecule has 5 rings (SSSR count). The number of hydrogen-bond donors (Lipinski definition) is 3. The number of rotatable bonds is 5. The zero-order chi connectivity index (χ0) is 26.5. The van der Waals surface area contributed by atoms with Crippen LogP contribution in [0.3, 0.4) is 0 Å². The standard InChI is InChI=1S/C29H34N6O3/c1-20-17-22-12-13-23(18-25(22)30-20)31-29(33-27(37)21-9-3-2-4-10-21)32-24-11-5-6-16-35(28(24)38)19-26(36)34-14-7-8-15-34/h2-4,9-10,12-13,17-18,24,30H,5-8,11,14-16,19H2,1H3,(H2,31,32,33,37)/t24-/m0/s1. The smallest absolute Gasteiger partial charge is 0.257 e. The molecular weight excluding hydrogens is 480 g/mol. The van der Waals surface area contributed by atoms with Crippen LogP contribution in [0, 0.1) is 6.92 Å². The maximum Gasteiger partial charge on any atom is 0.257 e. The van der Waals surface area contributed by atoms with Crippen molar-refractivity contribution in [3.05, 3.63) is 65.9 Å². The van der Waals surface area contributed by atoms with E-state index in [1.165, 1.54) is 0 Å². The molecule has 38 heavy (non-hydrogen) atoms. The second-order valence-electron chi connectivity index (χ2n) is 10.0. The molecule has 0 unspecified atom stereocenters. The lowest BCUT2D eigenvalue weighted by Crippen LogP contribution is -2.45. The third-order valence-corrected chi connectivity index (χ3v) is 7.11. The summed E-state index contributed by atoms with van der Waals surface area (Å²) in [5.74, 6) is -0.312. The number of aromatic amines is 1. The highest BCUT2D eigenvalue weighted by atomic mass is 16.2. The van der Waals surface area contributed by atoms with Gasteiger partial charge in [-0.2, -0.15) is 0 Å². The van der Waals surface area contributed by atoms with Gasteiger partial charge in [0.05, 0.1) is 6.54 Å². The molecule has 2 saturated heterocycles. The van der Waals surface area contributed by atoms with E-state index in [-0.39, 0.29) is 30.2 Å². The fourth-order valence-corrected chi connectivity index (χ4v) is 5.10. The third-order valence-electron chi connectivity index (χ3n) is 7.11. The molecule has 0 saturated carbocycles. The molecule has 0 bridgehead atoms. The van der Waals surface area contributed by atoms with Crippen LogP contribution in [0.4, 0.5) is 5.69 Å². The van der Waals surface area contributed by atoms with E-state index in [9.17, 15) is 14.4 Å². The van der Waals surface area contributed by atoms with Gasteiger partial charge in [0.2, 0.25) is 17.8 Å². The van der Waals surface area contributed by atoms with Crippen molar-refractivity contribution < 1.29 is 14.4 Å². The number of H-pyrrole nitrogens is 1. The summed E-state index contributed by atoms with van der Waals surface area (Å²) >= 11 is 0. The van der Waals surface area contributed by atoms with Crippen molar-refractivity contribution in [2.75, 3.05) is 31.5 Å². The van der Waals surface area contributed by atoms with Gasteiger partial charge in [0, 0.05) is 42.1 Å². The molecule has 2 aliphatic heterocycles. The second-order valence-corrected chi connectivity index (χ2v) is 10.0. The van der Waals surface area contributed by atoms with Crippen molar-refractivity contribution >= 4 is 40.3 Å². The number of carbonyl (C=O) groups excluding carboxylic acids is 3. The number of hydrogen-bond acceptors (Lipinski definition) is 4. The highest BCUT2D eigenvalue weighted by Crippen LogP contribution is 2.21.